The lowest BCUT2D eigenvalue weighted by Gasteiger charge is -2.61. The van der Waals surface area contributed by atoms with Crippen LogP contribution in [-0.4, -0.2) is 39.3 Å². The van der Waals surface area contributed by atoms with Crippen LogP contribution in [0.4, 0.5) is 4.39 Å². The number of aliphatic hydroxyl groups is 1. The van der Waals surface area contributed by atoms with Crippen LogP contribution in [0.3, 0.4) is 0 Å². The number of hydrogen-bond acceptors (Lipinski definition) is 5. The van der Waals surface area contributed by atoms with E-state index in [4.69, 9.17) is 5.11 Å². The van der Waals surface area contributed by atoms with Crippen molar-refractivity contribution in [2.45, 2.75) is 76.1 Å². The number of nitrogens with zero attached hydrogens (tertiary/aromatic N) is 1. The summed E-state index contributed by atoms with van der Waals surface area (Å²) in [4.78, 5) is 35.0. The average Bonchev–Trinajstić information content (AvgIpc) is 2.92. The van der Waals surface area contributed by atoms with E-state index >= 15 is 4.39 Å². The van der Waals surface area contributed by atoms with Gasteiger partial charge in [-0.3, -0.25) is 9.59 Å². The van der Waals surface area contributed by atoms with Crippen LogP contribution in [0, 0.1) is 27.6 Å². The van der Waals surface area contributed by atoms with Gasteiger partial charge in [0.25, 0.3) is 0 Å². The van der Waals surface area contributed by atoms with E-state index in [9.17, 15) is 19.6 Å². The Morgan fingerprint density at radius 1 is 1.34 bits per heavy atom. The summed E-state index contributed by atoms with van der Waals surface area (Å²) >= 11 is 0. The molecule has 0 unspecified atom stereocenters. The standard InChI is InChI=1S/C22H28FNO5/c1-19-8-5-14(25)11-13(19)3-4-16-15-6-9-21(28,10-7-18(26)27)20(15,2)12-17(24-29)22(16,19)23/h3-4,11,15-17,28H,5-10,12H2,1-2H3,(H,26,27)/t15-,16-,17-,19-,20-,21+,22-/m0/s1. The van der Waals surface area contributed by atoms with Crippen LogP contribution in [0.1, 0.15) is 58.8 Å². The van der Waals surface area contributed by atoms with Gasteiger partial charge in [-0.05, 0) is 49.7 Å². The highest BCUT2D eigenvalue weighted by Gasteiger charge is 2.73. The van der Waals surface area contributed by atoms with E-state index in [1.165, 1.54) is 6.08 Å². The van der Waals surface area contributed by atoms with E-state index in [0.717, 1.165) is 0 Å². The normalized spacial score (nSPS) is 48.3. The molecule has 0 spiro atoms. The largest absolute Gasteiger partial charge is 0.481 e. The van der Waals surface area contributed by atoms with E-state index in [0.29, 0.717) is 24.8 Å². The molecule has 0 aliphatic heterocycles. The lowest BCUT2D eigenvalue weighted by molar-refractivity contribution is -0.169. The number of carbonyl (C=O) groups excluding carboxylic acids is 1. The number of nitroso groups, excluding NO2 is 1. The van der Waals surface area contributed by atoms with E-state index in [1.807, 2.05) is 13.0 Å². The van der Waals surface area contributed by atoms with Crippen LogP contribution in [0.2, 0.25) is 0 Å². The van der Waals surface area contributed by atoms with E-state index in [2.05, 4.69) is 5.18 Å². The van der Waals surface area contributed by atoms with Gasteiger partial charge in [-0.25, -0.2) is 4.39 Å². The molecule has 0 saturated heterocycles. The van der Waals surface area contributed by atoms with Crippen LogP contribution in [0.25, 0.3) is 0 Å². The summed E-state index contributed by atoms with van der Waals surface area (Å²) in [5.41, 5.74) is -4.37. The first-order valence-electron chi connectivity index (χ1n) is 10.4. The first-order valence-corrected chi connectivity index (χ1v) is 10.4. The van der Waals surface area contributed by atoms with Gasteiger partial charge in [0, 0.05) is 29.6 Å². The lowest BCUT2D eigenvalue weighted by atomic mass is 9.45. The molecule has 4 rings (SSSR count). The minimum atomic E-state index is -1.93. The Morgan fingerprint density at radius 2 is 2.07 bits per heavy atom. The Balaban J connectivity index is 1.81. The number of aliphatic carboxylic acids is 1. The summed E-state index contributed by atoms with van der Waals surface area (Å²) in [5, 5.41) is 23.7. The van der Waals surface area contributed by atoms with Gasteiger partial charge in [-0.2, -0.15) is 4.91 Å². The molecule has 7 atom stereocenters. The fourth-order valence-corrected chi connectivity index (χ4v) is 6.95. The first kappa shape index (κ1) is 20.4. The molecule has 2 fully saturated rings. The van der Waals surface area contributed by atoms with Crippen molar-refractivity contribution in [2.24, 2.45) is 27.8 Å². The second kappa shape index (κ2) is 6.30. The number of carbonyl (C=O) groups is 2. The van der Waals surface area contributed by atoms with E-state index in [1.54, 1.807) is 13.0 Å². The van der Waals surface area contributed by atoms with E-state index in [-0.39, 0.29) is 37.4 Å². The molecule has 0 aromatic heterocycles. The molecule has 4 aliphatic carbocycles. The van der Waals surface area contributed by atoms with Crippen LogP contribution in [-0.2, 0) is 9.59 Å². The number of halogens is 1. The maximum Gasteiger partial charge on any atom is 0.303 e. The molecule has 2 saturated carbocycles. The molecule has 0 bridgehead atoms. The Bertz CT molecular complexity index is 839. The fraction of sp³-hybridized carbons (Fsp3) is 0.727. The molecule has 29 heavy (non-hydrogen) atoms. The average molecular weight is 405 g/mol. The monoisotopic (exact) mass is 405 g/mol. The molecule has 0 radical (unpaired) electrons. The fourth-order valence-electron chi connectivity index (χ4n) is 6.95. The summed E-state index contributed by atoms with van der Waals surface area (Å²) < 4.78 is 17.0. The summed E-state index contributed by atoms with van der Waals surface area (Å²) in [6.45, 7) is 3.64. The number of allylic oxidation sites excluding steroid dienone is 4. The zero-order valence-corrected chi connectivity index (χ0v) is 16.9. The van der Waals surface area contributed by atoms with Crippen molar-refractivity contribution in [3.63, 3.8) is 0 Å². The van der Waals surface area contributed by atoms with E-state index < -0.39 is 40.0 Å². The molecule has 0 aromatic carbocycles. The van der Waals surface area contributed by atoms with Gasteiger partial charge < -0.3 is 10.2 Å². The van der Waals surface area contributed by atoms with Crippen molar-refractivity contribution in [2.75, 3.05) is 0 Å². The zero-order valence-electron chi connectivity index (χ0n) is 16.9. The smallest absolute Gasteiger partial charge is 0.303 e. The van der Waals surface area contributed by atoms with Gasteiger partial charge in [-0.15, -0.1) is 0 Å². The van der Waals surface area contributed by atoms with Gasteiger partial charge in [0.15, 0.2) is 11.5 Å². The van der Waals surface area contributed by atoms with Crippen molar-refractivity contribution in [3.05, 3.63) is 28.7 Å². The Morgan fingerprint density at radius 3 is 2.72 bits per heavy atom. The Labute approximate surface area is 169 Å². The number of ketones is 1. The van der Waals surface area contributed by atoms with Crippen molar-refractivity contribution in [3.8, 4) is 0 Å². The third-order valence-corrected chi connectivity index (χ3v) is 8.80. The maximum absolute atomic E-state index is 17.0. The molecule has 0 amide bonds. The molecule has 6 nitrogen and oxygen atoms in total. The predicted molar refractivity (Wildman–Crippen MR) is 104 cm³/mol. The van der Waals surface area contributed by atoms with Crippen molar-refractivity contribution in [1.82, 2.24) is 0 Å². The summed E-state index contributed by atoms with van der Waals surface area (Å²) in [6, 6.07) is -1.17. The summed E-state index contributed by atoms with van der Waals surface area (Å²) in [7, 11) is 0. The van der Waals surface area contributed by atoms with Crippen LogP contribution >= 0.6 is 0 Å². The molecule has 158 valence electrons. The number of hydrogen-bond donors (Lipinski definition) is 2. The molecule has 7 heteroatoms. The van der Waals surface area contributed by atoms with Crippen molar-refractivity contribution < 1.29 is 24.2 Å². The predicted octanol–water partition coefficient (Wildman–Crippen LogP) is 3.73. The van der Waals surface area contributed by atoms with Crippen molar-refractivity contribution >= 4 is 11.8 Å². The molecule has 2 N–H and O–H groups in total. The van der Waals surface area contributed by atoms with Gasteiger partial charge in [0.2, 0.25) is 0 Å². The third kappa shape index (κ3) is 2.49. The number of carboxylic acids is 1. The first-order chi connectivity index (χ1) is 13.5. The second-order valence-electron chi connectivity index (χ2n) is 9.86. The highest BCUT2D eigenvalue weighted by molar-refractivity contribution is 5.92. The van der Waals surface area contributed by atoms with Crippen LogP contribution in [0.5, 0.6) is 0 Å². The molecular weight excluding hydrogens is 377 g/mol. The SMILES string of the molecule is C[C@]12CCC(=O)C=C1C=C[C@H]1[C@@H]3CC[C@@](O)(CCC(=O)O)[C@@]3(C)C[C@H](N=O)[C@@]12F. The highest BCUT2D eigenvalue weighted by Crippen LogP contribution is 2.69. The topological polar surface area (TPSA) is 104 Å². The lowest BCUT2D eigenvalue weighted by Crippen LogP contribution is -2.67. The molecule has 4 aliphatic rings. The van der Waals surface area contributed by atoms with Gasteiger partial charge in [0.1, 0.15) is 6.04 Å². The Kier molecular flexibility index (Phi) is 4.43. The number of alkyl halides is 1. The second-order valence-corrected chi connectivity index (χ2v) is 9.86. The van der Waals surface area contributed by atoms with Crippen molar-refractivity contribution in [1.29, 1.82) is 0 Å². The summed E-state index contributed by atoms with van der Waals surface area (Å²) in [6.07, 6.45) is 6.55. The summed E-state index contributed by atoms with van der Waals surface area (Å²) in [5.74, 6) is -1.86. The number of carboxylic acid groups (broad SMARTS) is 1. The number of fused-ring (bicyclic) bond motifs is 5. The highest BCUT2D eigenvalue weighted by atomic mass is 19.1. The van der Waals surface area contributed by atoms with Gasteiger partial charge >= 0.3 is 5.97 Å². The molecule has 0 aromatic rings. The minimum absolute atomic E-state index is 0.0376. The Hall–Kier alpha value is -1.89. The quantitative estimate of drug-likeness (QED) is 0.694. The third-order valence-electron chi connectivity index (χ3n) is 8.80. The van der Waals surface area contributed by atoms with Gasteiger partial charge in [-0.1, -0.05) is 31.2 Å². The molecular formula is C22H28FNO5. The maximum atomic E-state index is 17.0. The van der Waals surface area contributed by atoms with Gasteiger partial charge in [0.05, 0.1) is 5.60 Å². The van der Waals surface area contributed by atoms with Crippen LogP contribution < -0.4 is 0 Å². The number of rotatable bonds is 4. The van der Waals surface area contributed by atoms with Crippen LogP contribution in [0.15, 0.2) is 29.0 Å². The molecule has 0 heterocycles. The zero-order chi connectivity index (χ0) is 21.2. The minimum Gasteiger partial charge on any atom is -0.481 e.